The highest BCUT2D eigenvalue weighted by Gasteiger charge is 2.14. The Hall–Kier alpha value is -1.18. The van der Waals surface area contributed by atoms with Crippen LogP contribution in [-0.2, 0) is 11.3 Å². The van der Waals surface area contributed by atoms with Gasteiger partial charge in [-0.05, 0) is 32.9 Å². The summed E-state index contributed by atoms with van der Waals surface area (Å²) in [5.74, 6) is 1.91. The fourth-order valence-corrected chi connectivity index (χ4v) is 3.50. The van der Waals surface area contributed by atoms with Crippen molar-refractivity contribution in [3.8, 4) is 0 Å². The molecule has 1 saturated heterocycles. The van der Waals surface area contributed by atoms with E-state index in [4.69, 9.17) is 4.74 Å². The molecule has 5 nitrogen and oxygen atoms in total. The number of aromatic nitrogens is 2. The molecule has 0 unspecified atom stereocenters. The third kappa shape index (κ3) is 3.72. The molecule has 0 atom stereocenters. The van der Waals surface area contributed by atoms with E-state index in [-0.39, 0.29) is 0 Å². The summed E-state index contributed by atoms with van der Waals surface area (Å²) in [6.45, 7) is 4.13. The first-order valence-corrected chi connectivity index (χ1v) is 8.48. The van der Waals surface area contributed by atoms with Crippen LogP contribution >= 0.6 is 27.3 Å². The molecule has 3 heterocycles. The van der Waals surface area contributed by atoms with Gasteiger partial charge in [0.2, 0.25) is 0 Å². The number of morpholine rings is 1. The number of halogens is 1. The summed E-state index contributed by atoms with van der Waals surface area (Å²) in [5, 5.41) is 2.16. The van der Waals surface area contributed by atoms with Crippen LogP contribution in [0, 0.1) is 0 Å². The number of hydrogen-bond donors (Lipinski definition) is 0. The Morgan fingerprint density at radius 3 is 2.86 bits per heavy atom. The van der Waals surface area contributed by atoms with Gasteiger partial charge in [0.25, 0.3) is 0 Å². The van der Waals surface area contributed by atoms with Gasteiger partial charge in [-0.2, -0.15) is 0 Å². The fraction of sp³-hybridized carbons (Fsp3) is 0.429. The number of hydrogen-bond acceptors (Lipinski definition) is 6. The third-order valence-corrected chi connectivity index (χ3v) is 4.96. The summed E-state index contributed by atoms with van der Waals surface area (Å²) in [6.07, 6.45) is 1.64. The van der Waals surface area contributed by atoms with Gasteiger partial charge in [-0.25, -0.2) is 9.97 Å². The summed E-state index contributed by atoms with van der Waals surface area (Å²) >= 11 is 5.20. The van der Waals surface area contributed by atoms with Crippen LogP contribution < -0.4 is 9.80 Å². The van der Waals surface area contributed by atoms with E-state index < -0.39 is 0 Å². The van der Waals surface area contributed by atoms with Crippen LogP contribution in [0.5, 0.6) is 0 Å². The molecule has 0 bridgehead atoms. The molecule has 0 saturated carbocycles. The molecule has 0 amide bonds. The molecule has 0 aromatic carbocycles. The number of anilines is 2. The Labute approximate surface area is 136 Å². The number of ether oxygens (including phenoxy) is 1. The van der Waals surface area contributed by atoms with Gasteiger partial charge in [0.05, 0.1) is 17.0 Å². The zero-order valence-electron chi connectivity index (χ0n) is 11.8. The van der Waals surface area contributed by atoms with Gasteiger partial charge >= 0.3 is 0 Å². The quantitative estimate of drug-likeness (QED) is 0.829. The van der Waals surface area contributed by atoms with Crippen molar-refractivity contribution in [2.45, 2.75) is 6.54 Å². The molecule has 1 aliphatic rings. The second-order valence-electron chi connectivity index (χ2n) is 4.95. The fourth-order valence-electron chi connectivity index (χ4n) is 2.29. The zero-order chi connectivity index (χ0) is 14.7. The van der Waals surface area contributed by atoms with E-state index in [9.17, 15) is 0 Å². The molecule has 3 rings (SSSR count). The number of thiophene rings is 1. The maximum atomic E-state index is 5.38. The average Bonchev–Trinajstić information content (AvgIpc) is 2.93. The summed E-state index contributed by atoms with van der Waals surface area (Å²) in [4.78, 5) is 13.1. The SMILES string of the molecule is CN(Cc1csc(Br)c1)c1cc(N2CCOCC2)ncn1. The Kier molecular flexibility index (Phi) is 4.72. The van der Waals surface area contributed by atoms with Crippen LogP contribution in [0.25, 0.3) is 0 Å². The van der Waals surface area contributed by atoms with Gasteiger partial charge in [0.15, 0.2) is 0 Å². The van der Waals surface area contributed by atoms with Crippen molar-refractivity contribution in [2.24, 2.45) is 0 Å². The molecule has 1 fully saturated rings. The predicted octanol–water partition coefficient (Wildman–Crippen LogP) is 2.77. The van der Waals surface area contributed by atoms with Gasteiger partial charge in [0.1, 0.15) is 18.0 Å². The Morgan fingerprint density at radius 1 is 1.33 bits per heavy atom. The van der Waals surface area contributed by atoms with Crippen molar-refractivity contribution >= 4 is 38.9 Å². The molecular weight excluding hydrogens is 352 g/mol. The van der Waals surface area contributed by atoms with Crippen LogP contribution in [0.4, 0.5) is 11.6 Å². The maximum absolute atomic E-state index is 5.38. The van der Waals surface area contributed by atoms with E-state index in [1.165, 1.54) is 5.56 Å². The minimum Gasteiger partial charge on any atom is -0.378 e. The maximum Gasteiger partial charge on any atom is 0.134 e. The first kappa shape index (κ1) is 14.7. The lowest BCUT2D eigenvalue weighted by Gasteiger charge is -2.28. The van der Waals surface area contributed by atoms with E-state index in [0.717, 1.165) is 48.3 Å². The predicted molar refractivity (Wildman–Crippen MR) is 89.2 cm³/mol. The molecule has 2 aromatic rings. The first-order chi connectivity index (χ1) is 10.2. The minimum atomic E-state index is 0.762. The van der Waals surface area contributed by atoms with Gasteiger partial charge in [-0.1, -0.05) is 0 Å². The standard InChI is InChI=1S/C14H17BrN4OS/c1-18(8-11-6-12(15)21-9-11)13-7-14(17-10-16-13)19-2-4-20-5-3-19/h6-7,9-10H,2-5,8H2,1H3. The molecule has 0 aliphatic carbocycles. The lowest BCUT2D eigenvalue weighted by Crippen LogP contribution is -2.36. The molecule has 7 heteroatoms. The molecule has 0 radical (unpaired) electrons. The monoisotopic (exact) mass is 368 g/mol. The molecule has 112 valence electrons. The van der Waals surface area contributed by atoms with E-state index in [1.807, 2.05) is 6.07 Å². The Morgan fingerprint density at radius 2 is 2.14 bits per heavy atom. The van der Waals surface area contributed by atoms with Gasteiger partial charge in [-0.15, -0.1) is 11.3 Å². The molecular formula is C14H17BrN4OS. The topological polar surface area (TPSA) is 41.5 Å². The lowest BCUT2D eigenvalue weighted by atomic mass is 10.3. The molecule has 2 aromatic heterocycles. The summed E-state index contributed by atoms with van der Waals surface area (Å²) in [7, 11) is 2.05. The van der Waals surface area contributed by atoms with E-state index in [1.54, 1.807) is 17.7 Å². The highest BCUT2D eigenvalue weighted by atomic mass is 79.9. The highest BCUT2D eigenvalue weighted by molar-refractivity contribution is 9.11. The minimum absolute atomic E-state index is 0.762. The third-order valence-electron chi connectivity index (χ3n) is 3.41. The zero-order valence-corrected chi connectivity index (χ0v) is 14.2. The van der Waals surface area contributed by atoms with Gasteiger partial charge in [-0.3, -0.25) is 0 Å². The van der Waals surface area contributed by atoms with Crippen molar-refractivity contribution in [2.75, 3.05) is 43.2 Å². The van der Waals surface area contributed by atoms with Crippen LogP contribution in [0.15, 0.2) is 27.6 Å². The van der Waals surface area contributed by atoms with Crippen LogP contribution in [0.3, 0.4) is 0 Å². The molecule has 21 heavy (non-hydrogen) atoms. The molecule has 1 aliphatic heterocycles. The lowest BCUT2D eigenvalue weighted by molar-refractivity contribution is 0.122. The normalized spacial score (nSPS) is 15.2. The Balaban J connectivity index is 1.72. The molecule has 0 spiro atoms. The molecule has 0 N–H and O–H groups in total. The van der Waals surface area contributed by atoms with Crippen molar-refractivity contribution in [3.05, 3.63) is 33.2 Å². The van der Waals surface area contributed by atoms with Gasteiger partial charge in [0, 0.05) is 32.7 Å². The van der Waals surface area contributed by atoms with Crippen molar-refractivity contribution < 1.29 is 4.74 Å². The van der Waals surface area contributed by atoms with Crippen molar-refractivity contribution in [1.29, 1.82) is 0 Å². The van der Waals surface area contributed by atoms with Crippen molar-refractivity contribution in [1.82, 2.24) is 9.97 Å². The van der Waals surface area contributed by atoms with Crippen molar-refractivity contribution in [3.63, 3.8) is 0 Å². The van der Waals surface area contributed by atoms with E-state index in [2.05, 4.69) is 54.2 Å². The van der Waals surface area contributed by atoms with Crippen LogP contribution in [-0.4, -0.2) is 43.3 Å². The highest BCUT2D eigenvalue weighted by Crippen LogP contribution is 2.24. The van der Waals surface area contributed by atoms with E-state index >= 15 is 0 Å². The first-order valence-electron chi connectivity index (χ1n) is 6.81. The second-order valence-corrected chi connectivity index (χ2v) is 7.24. The smallest absolute Gasteiger partial charge is 0.134 e. The summed E-state index contributed by atoms with van der Waals surface area (Å²) < 4.78 is 6.54. The van der Waals surface area contributed by atoms with Crippen LogP contribution in [0.1, 0.15) is 5.56 Å². The largest absolute Gasteiger partial charge is 0.378 e. The summed E-state index contributed by atoms with van der Waals surface area (Å²) in [5.41, 5.74) is 1.28. The average molecular weight is 369 g/mol. The number of rotatable bonds is 4. The Bertz CT molecular complexity index is 600. The second kappa shape index (κ2) is 6.72. The summed E-state index contributed by atoms with van der Waals surface area (Å²) in [6, 6.07) is 4.19. The number of nitrogens with zero attached hydrogens (tertiary/aromatic N) is 4. The van der Waals surface area contributed by atoms with Gasteiger partial charge < -0.3 is 14.5 Å². The van der Waals surface area contributed by atoms with E-state index in [0.29, 0.717) is 0 Å². The van der Waals surface area contributed by atoms with Crippen LogP contribution in [0.2, 0.25) is 0 Å².